The molecule has 13 heteroatoms. The van der Waals surface area contributed by atoms with Crippen molar-refractivity contribution < 1.29 is 48.8 Å². The Hall–Kier alpha value is -1.86. The highest BCUT2D eigenvalue weighted by atomic mass is 32.2. The summed E-state index contributed by atoms with van der Waals surface area (Å²) in [6.07, 6.45) is -4.59. The van der Waals surface area contributed by atoms with Crippen molar-refractivity contribution in [3.63, 3.8) is 0 Å². The van der Waals surface area contributed by atoms with E-state index < -0.39 is 38.9 Å². The second-order valence-corrected chi connectivity index (χ2v) is 7.07. The highest BCUT2D eigenvalue weighted by Gasteiger charge is 2.44. The van der Waals surface area contributed by atoms with Gasteiger partial charge in [-0.25, -0.2) is 4.79 Å². The highest BCUT2D eigenvalue weighted by molar-refractivity contribution is 7.86. The first-order chi connectivity index (χ1) is 11.3. The van der Waals surface area contributed by atoms with E-state index in [0.29, 0.717) is 5.69 Å². The Kier molecular flexibility index (Phi) is 7.24. The predicted molar refractivity (Wildman–Crippen MR) is 80.0 cm³/mol. The molecule has 0 bridgehead atoms. The van der Waals surface area contributed by atoms with E-state index >= 15 is 0 Å². The third-order valence-electron chi connectivity index (χ3n) is 2.78. The molecule has 1 aromatic rings. The molecule has 0 spiro atoms. The summed E-state index contributed by atoms with van der Waals surface area (Å²) in [5.41, 5.74) is -6.52. The van der Waals surface area contributed by atoms with Gasteiger partial charge >= 0.3 is 27.8 Å². The smallest absolute Gasteiger partial charge is 0.465 e. The number of alkyl halides is 6. The van der Waals surface area contributed by atoms with Gasteiger partial charge in [0.15, 0.2) is 0 Å². The molecule has 0 heterocycles. The van der Waals surface area contributed by atoms with Crippen LogP contribution in [-0.2, 0) is 21.0 Å². The van der Waals surface area contributed by atoms with E-state index in [1.165, 1.54) is 6.07 Å². The second-order valence-electron chi connectivity index (χ2n) is 5.65. The van der Waals surface area contributed by atoms with E-state index in [0.717, 1.165) is 19.2 Å². The van der Waals surface area contributed by atoms with Crippen molar-refractivity contribution in [3.05, 3.63) is 29.3 Å². The van der Waals surface area contributed by atoms with Crippen LogP contribution in [0.3, 0.4) is 0 Å². The summed E-state index contributed by atoms with van der Waals surface area (Å²) in [6, 6.07) is 3.61. The number of benzene rings is 1. The highest BCUT2D eigenvalue weighted by Crippen LogP contribution is 2.35. The summed E-state index contributed by atoms with van der Waals surface area (Å²) >= 11 is 0. The number of esters is 1. The summed E-state index contributed by atoms with van der Waals surface area (Å²) in [5.74, 6) is -0.990. The topological polar surface area (TPSA) is 80.7 Å². The van der Waals surface area contributed by atoms with Gasteiger partial charge in [-0.15, -0.1) is 0 Å². The van der Waals surface area contributed by atoms with Crippen molar-refractivity contribution in [3.8, 4) is 0 Å². The Morgan fingerprint density at radius 2 is 1.50 bits per heavy atom. The lowest BCUT2D eigenvalue weighted by Gasteiger charge is -2.24. The first kappa shape index (κ1) is 24.1. The molecule has 0 radical (unpaired) electrons. The van der Waals surface area contributed by atoms with Gasteiger partial charge in [0, 0.05) is 6.07 Å². The molecule has 0 saturated heterocycles. The van der Waals surface area contributed by atoms with Crippen molar-refractivity contribution in [2.45, 2.75) is 11.7 Å². The lowest BCUT2D eigenvalue weighted by Crippen LogP contribution is -2.35. The third-order valence-corrected chi connectivity index (χ3v) is 3.37. The minimum atomic E-state index is -5.84. The largest absolute Gasteiger partial charge is 0.522 e. The maximum absolute atomic E-state index is 12.9. The zero-order chi connectivity index (χ0) is 21.1. The van der Waals surface area contributed by atoms with E-state index in [-0.39, 0.29) is 4.48 Å². The fraction of sp³-hybridized carbons (Fsp3) is 0.462. The van der Waals surface area contributed by atoms with Gasteiger partial charge in [-0.05, 0) is 12.1 Å². The van der Waals surface area contributed by atoms with E-state index in [1.54, 1.807) is 21.1 Å². The number of nitrogens with zero attached hydrogens (tertiary/aromatic N) is 1. The Balaban J connectivity index is 0.000000660. The van der Waals surface area contributed by atoms with Crippen LogP contribution in [0.15, 0.2) is 18.2 Å². The van der Waals surface area contributed by atoms with Crippen LogP contribution < -0.4 is 4.48 Å². The third kappa shape index (κ3) is 6.80. The average Bonchev–Trinajstić information content (AvgIpc) is 2.42. The SMILES string of the molecule is COC(=O)c1ccc([N+](C)(C)C)cc1C(F)(F)F.O=S(=O)(O)C(F)(F)F. The molecule has 0 atom stereocenters. The molecule has 0 aromatic heterocycles. The van der Waals surface area contributed by atoms with Crippen molar-refractivity contribution >= 4 is 21.8 Å². The number of quaternary nitrogens is 1. The molecule has 0 aliphatic heterocycles. The van der Waals surface area contributed by atoms with Crippen LogP contribution in [0.25, 0.3) is 0 Å². The van der Waals surface area contributed by atoms with Crippen LogP contribution in [0.5, 0.6) is 0 Å². The minimum Gasteiger partial charge on any atom is -0.465 e. The van der Waals surface area contributed by atoms with Gasteiger partial charge in [0.25, 0.3) is 0 Å². The Labute approximate surface area is 145 Å². The zero-order valence-electron chi connectivity index (χ0n) is 13.9. The lowest BCUT2D eigenvalue weighted by molar-refractivity contribution is -0.138. The van der Waals surface area contributed by atoms with Crippen LogP contribution in [0.2, 0.25) is 0 Å². The van der Waals surface area contributed by atoms with E-state index in [9.17, 15) is 31.1 Å². The molecular formula is C13H16F6NO5S+. The Morgan fingerprint density at radius 3 is 1.77 bits per heavy atom. The Bertz CT molecular complexity index is 750. The minimum absolute atomic E-state index is 0.227. The summed E-state index contributed by atoms with van der Waals surface area (Å²) in [7, 11) is 0.442. The van der Waals surface area contributed by atoms with Gasteiger partial charge in [0.1, 0.15) is 5.69 Å². The summed E-state index contributed by atoms with van der Waals surface area (Å²) in [6.45, 7) is 0. The molecule has 1 rings (SSSR count). The molecule has 0 aliphatic carbocycles. The quantitative estimate of drug-likeness (QED) is 0.266. The Morgan fingerprint density at radius 1 is 1.08 bits per heavy atom. The molecule has 1 N–H and O–H groups in total. The monoisotopic (exact) mass is 412 g/mol. The molecular weight excluding hydrogens is 396 g/mol. The van der Waals surface area contributed by atoms with E-state index in [1.807, 2.05) is 0 Å². The number of carbonyl (C=O) groups excluding carboxylic acids is 1. The summed E-state index contributed by atoms with van der Waals surface area (Å²) in [4.78, 5) is 11.3. The molecule has 150 valence electrons. The van der Waals surface area contributed by atoms with Crippen LogP contribution in [-0.4, -0.2) is 52.7 Å². The molecule has 26 heavy (non-hydrogen) atoms. The number of hydrogen-bond acceptors (Lipinski definition) is 4. The molecule has 0 amide bonds. The lowest BCUT2D eigenvalue weighted by atomic mass is 10.1. The number of carbonyl (C=O) groups is 1. The standard InChI is InChI=1S/C12H15F3NO2.CHF3O3S/c1-16(2,3)8-5-6-9(11(17)18-4)10(7-8)12(13,14)15;2-1(3,4)8(5,6)7/h5-7H,1-4H3;(H,5,6,7)/q+1;. The van der Waals surface area contributed by atoms with E-state index in [2.05, 4.69) is 4.74 Å². The molecule has 0 unspecified atom stereocenters. The van der Waals surface area contributed by atoms with Gasteiger partial charge in [-0.1, -0.05) is 0 Å². The first-order valence-electron chi connectivity index (χ1n) is 6.47. The molecule has 0 fully saturated rings. The summed E-state index contributed by atoms with van der Waals surface area (Å²) in [5, 5.41) is 0. The van der Waals surface area contributed by atoms with Crippen LogP contribution in [0.4, 0.5) is 32.0 Å². The van der Waals surface area contributed by atoms with Gasteiger partial charge in [0.05, 0.1) is 39.4 Å². The van der Waals surface area contributed by atoms with Crippen LogP contribution in [0.1, 0.15) is 15.9 Å². The fourth-order valence-corrected chi connectivity index (χ4v) is 1.47. The van der Waals surface area contributed by atoms with Crippen LogP contribution >= 0.6 is 0 Å². The summed E-state index contributed by atoms with van der Waals surface area (Å²) < 4.78 is 101. The molecule has 6 nitrogen and oxygen atoms in total. The van der Waals surface area contributed by atoms with Gasteiger partial charge < -0.3 is 4.74 Å². The van der Waals surface area contributed by atoms with Gasteiger partial charge in [-0.2, -0.15) is 34.8 Å². The maximum Gasteiger partial charge on any atom is 0.522 e. The predicted octanol–water partition coefficient (Wildman–Crippen LogP) is 3.08. The van der Waals surface area contributed by atoms with Crippen molar-refractivity contribution in [2.75, 3.05) is 28.3 Å². The van der Waals surface area contributed by atoms with Gasteiger partial charge in [0.2, 0.25) is 0 Å². The average molecular weight is 412 g/mol. The number of ether oxygens (including phenoxy) is 1. The normalized spacial score (nSPS) is 12.9. The van der Waals surface area contributed by atoms with Crippen molar-refractivity contribution in [2.24, 2.45) is 0 Å². The molecule has 0 aliphatic rings. The fourth-order valence-electron chi connectivity index (χ4n) is 1.47. The van der Waals surface area contributed by atoms with Gasteiger partial charge in [-0.3, -0.25) is 9.04 Å². The molecule has 0 saturated carbocycles. The first-order valence-corrected chi connectivity index (χ1v) is 7.91. The van der Waals surface area contributed by atoms with Crippen molar-refractivity contribution in [1.29, 1.82) is 0 Å². The van der Waals surface area contributed by atoms with E-state index in [4.69, 9.17) is 13.0 Å². The molecule has 1 aromatic carbocycles. The number of halogens is 6. The number of rotatable bonds is 2. The van der Waals surface area contributed by atoms with Crippen molar-refractivity contribution in [1.82, 2.24) is 4.48 Å². The van der Waals surface area contributed by atoms with Crippen LogP contribution in [0, 0.1) is 0 Å². The zero-order valence-corrected chi connectivity index (χ0v) is 14.8. The maximum atomic E-state index is 12.9. The number of methoxy groups -OCH3 is 1. The number of hydrogen-bond donors (Lipinski definition) is 1. The second kappa shape index (κ2) is 7.80.